The fraction of sp³-hybridized carbons (Fsp3) is 0.200. The summed E-state index contributed by atoms with van der Waals surface area (Å²) in [5, 5.41) is 3.34. The standard InChI is InChI=1S/C15H14BrFIN/c1-10(11-2-5-14(18)6-3-11)19-9-12-8-13(16)4-7-15(12)17/h2-8,10,19H,9H2,1H3. The van der Waals surface area contributed by atoms with Crippen LogP contribution in [0.25, 0.3) is 0 Å². The minimum absolute atomic E-state index is 0.175. The van der Waals surface area contributed by atoms with E-state index in [1.54, 1.807) is 6.07 Å². The van der Waals surface area contributed by atoms with E-state index in [0.29, 0.717) is 12.1 Å². The molecule has 0 fully saturated rings. The number of hydrogen-bond donors (Lipinski definition) is 1. The molecule has 0 amide bonds. The Morgan fingerprint density at radius 2 is 1.89 bits per heavy atom. The summed E-state index contributed by atoms with van der Waals surface area (Å²) < 4.78 is 15.7. The van der Waals surface area contributed by atoms with Crippen molar-refractivity contribution in [2.45, 2.75) is 19.5 Å². The van der Waals surface area contributed by atoms with Crippen LogP contribution in [0.15, 0.2) is 46.9 Å². The second-order valence-electron chi connectivity index (χ2n) is 4.39. The van der Waals surface area contributed by atoms with Crippen LogP contribution in [-0.2, 0) is 6.54 Å². The summed E-state index contributed by atoms with van der Waals surface area (Å²) >= 11 is 5.64. The zero-order valence-corrected chi connectivity index (χ0v) is 14.2. The lowest BCUT2D eigenvalue weighted by atomic mass is 10.1. The lowest BCUT2D eigenvalue weighted by Crippen LogP contribution is -2.18. The zero-order chi connectivity index (χ0) is 13.8. The largest absolute Gasteiger partial charge is 0.306 e. The molecule has 2 aromatic rings. The molecule has 19 heavy (non-hydrogen) atoms. The molecule has 0 heterocycles. The quantitative estimate of drug-likeness (QED) is 0.665. The Morgan fingerprint density at radius 1 is 1.21 bits per heavy atom. The first-order chi connectivity index (χ1) is 9.06. The third kappa shape index (κ3) is 4.26. The van der Waals surface area contributed by atoms with Gasteiger partial charge in [0.25, 0.3) is 0 Å². The van der Waals surface area contributed by atoms with Gasteiger partial charge in [-0.15, -0.1) is 0 Å². The molecule has 2 rings (SSSR count). The minimum Gasteiger partial charge on any atom is -0.306 e. The van der Waals surface area contributed by atoms with Gasteiger partial charge in [-0.2, -0.15) is 0 Å². The van der Waals surface area contributed by atoms with Gasteiger partial charge in [0.15, 0.2) is 0 Å². The van der Waals surface area contributed by atoms with Crippen molar-refractivity contribution >= 4 is 38.5 Å². The number of halogens is 3. The molecule has 4 heteroatoms. The molecular weight excluding hydrogens is 420 g/mol. The van der Waals surface area contributed by atoms with Crippen LogP contribution in [0.4, 0.5) is 4.39 Å². The normalized spacial score (nSPS) is 12.4. The molecule has 0 spiro atoms. The van der Waals surface area contributed by atoms with E-state index in [-0.39, 0.29) is 11.9 Å². The lowest BCUT2D eigenvalue weighted by Gasteiger charge is -2.15. The van der Waals surface area contributed by atoms with Crippen molar-refractivity contribution in [1.29, 1.82) is 0 Å². The Kier molecular flexibility index (Phi) is 5.36. The molecule has 2 aromatic carbocycles. The molecule has 100 valence electrons. The highest BCUT2D eigenvalue weighted by Crippen LogP contribution is 2.18. The first kappa shape index (κ1) is 14.9. The molecule has 0 aliphatic rings. The van der Waals surface area contributed by atoms with E-state index in [2.05, 4.69) is 75.0 Å². The van der Waals surface area contributed by atoms with Crippen LogP contribution in [0.2, 0.25) is 0 Å². The molecular formula is C15H14BrFIN. The highest BCUT2D eigenvalue weighted by molar-refractivity contribution is 14.1. The van der Waals surface area contributed by atoms with E-state index < -0.39 is 0 Å². The first-order valence-corrected chi connectivity index (χ1v) is 7.86. The van der Waals surface area contributed by atoms with Gasteiger partial charge in [-0.3, -0.25) is 0 Å². The van der Waals surface area contributed by atoms with E-state index in [0.717, 1.165) is 4.47 Å². The summed E-state index contributed by atoms with van der Waals surface area (Å²) in [6, 6.07) is 13.5. The molecule has 0 bridgehead atoms. The number of hydrogen-bond acceptors (Lipinski definition) is 1. The summed E-state index contributed by atoms with van der Waals surface area (Å²) in [6.45, 7) is 2.59. The van der Waals surface area contributed by atoms with Gasteiger partial charge in [0.1, 0.15) is 5.82 Å². The number of benzene rings is 2. The summed E-state index contributed by atoms with van der Waals surface area (Å²) in [4.78, 5) is 0. The van der Waals surface area contributed by atoms with Crippen LogP contribution in [0.5, 0.6) is 0 Å². The fourth-order valence-electron chi connectivity index (χ4n) is 1.81. The maximum atomic E-state index is 13.6. The Bertz CT molecular complexity index is 557. The SMILES string of the molecule is CC(NCc1cc(Br)ccc1F)c1ccc(I)cc1. The molecule has 1 nitrogen and oxygen atoms in total. The number of rotatable bonds is 4. The van der Waals surface area contributed by atoms with E-state index >= 15 is 0 Å². The third-order valence-corrected chi connectivity index (χ3v) is 4.19. The molecule has 0 radical (unpaired) electrons. The molecule has 0 aromatic heterocycles. The zero-order valence-electron chi connectivity index (χ0n) is 10.5. The third-order valence-electron chi connectivity index (χ3n) is 2.98. The van der Waals surface area contributed by atoms with E-state index in [1.165, 1.54) is 15.2 Å². The molecule has 0 aliphatic carbocycles. The van der Waals surface area contributed by atoms with Crippen molar-refractivity contribution in [1.82, 2.24) is 5.32 Å². The van der Waals surface area contributed by atoms with Crippen molar-refractivity contribution in [3.63, 3.8) is 0 Å². The summed E-state index contributed by atoms with van der Waals surface area (Å²) in [7, 11) is 0. The molecule has 0 saturated heterocycles. The van der Waals surface area contributed by atoms with Gasteiger partial charge in [-0.05, 0) is 65.4 Å². The van der Waals surface area contributed by atoms with E-state index in [9.17, 15) is 4.39 Å². The van der Waals surface area contributed by atoms with Crippen LogP contribution < -0.4 is 5.32 Å². The molecule has 1 atom stereocenters. The molecule has 0 saturated carbocycles. The molecule has 1 N–H and O–H groups in total. The lowest BCUT2D eigenvalue weighted by molar-refractivity contribution is 0.544. The summed E-state index contributed by atoms with van der Waals surface area (Å²) in [6.07, 6.45) is 0. The van der Waals surface area contributed by atoms with Gasteiger partial charge in [0.05, 0.1) is 0 Å². The van der Waals surface area contributed by atoms with Crippen molar-refractivity contribution in [2.75, 3.05) is 0 Å². The summed E-state index contributed by atoms with van der Waals surface area (Å²) in [5.41, 5.74) is 1.88. The van der Waals surface area contributed by atoms with Crippen LogP contribution >= 0.6 is 38.5 Å². The van der Waals surface area contributed by atoms with Gasteiger partial charge in [-0.1, -0.05) is 28.1 Å². The van der Waals surface area contributed by atoms with Crippen LogP contribution in [0.3, 0.4) is 0 Å². The Morgan fingerprint density at radius 3 is 2.58 bits per heavy atom. The highest BCUT2D eigenvalue weighted by Gasteiger charge is 2.07. The van der Waals surface area contributed by atoms with E-state index in [4.69, 9.17) is 0 Å². The average Bonchev–Trinajstić information content (AvgIpc) is 2.40. The second-order valence-corrected chi connectivity index (χ2v) is 6.55. The second kappa shape index (κ2) is 6.81. The van der Waals surface area contributed by atoms with Crippen molar-refractivity contribution < 1.29 is 4.39 Å². The Hall–Kier alpha value is -0.460. The monoisotopic (exact) mass is 433 g/mol. The van der Waals surface area contributed by atoms with Gasteiger partial charge >= 0.3 is 0 Å². The molecule has 1 unspecified atom stereocenters. The summed E-state index contributed by atoms with van der Waals surface area (Å²) in [5.74, 6) is -0.175. The van der Waals surface area contributed by atoms with Crippen molar-refractivity contribution in [3.05, 3.63) is 67.5 Å². The Balaban J connectivity index is 2.02. The smallest absolute Gasteiger partial charge is 0.127 e. The average molecular weight is 434 g/mol. The molecule has 0 aliphatic heterocycles. The van der Waals surface area contributed by atoms with Crippen LogP contribution in [-0.4, -0.2) is 0 Å². The van der Waals surface area contributed by atoms with Gasteiger partial charge in [0.2, 0.25) is 0 Å². The van der Waals surface area contributed by atoms with Gasteiger partial charge in [-0.25, -0.2) is 4.39 Å². The topological polar surface area (TPSA) is 12.0 Å². The maximum absolute atomic E-state index is 13.6. The van der Waals surface area contributed by atoms with Gasteiger partial charge in [0, 0.05) is 26.2 Å². The first-order valence-electron chi connectivity index (χ1n) is 5.99. The van der Waals surface area contributed by atoms with Gasteiger partial charge < -0.3 is 5.32 Å². The van der Waals surface area contributed by atoms with Crippen LogP contribution in [0, 0.1) is 9.39 Å². The van der Waals surface area contributed by atoms with E-state index in [1.807, 2.05) is 6.07 Å². The maximum Gasteiger partial charge on any atom is 0.127 e. The van der Waals surface area contributed by atoms with Crippen molar-refractivity contribution in [2.24, 2.45) is 0 Å². The predicted octanol–water partition coefficient (Wildman–Crippen LogP) is 5.04. The van der Waals surface area contributed by atoms with Crippen LogP contribution in [0.1, 0.15) is 24.1 Å². The Labute approximate surface area is 134 Å². The fourth-order valence-corrected chi connectivity index (χ4v) is 2.58. The predicted molar refractivity (Wildman–Crippen MR) is 88.5 cm³/mol. The highest BCUT2D eigenvalue weighted by atomic mass is 127. The number of nitrogens with one attached hydrogen (secondary N) is 1. The van der Waals surface area contributed by atoms with Crippen molar-refractivity contribution in [3.8, 4) is 0 Å². The minimum atomic E-state index is -0.175.